The summed E-state index contributed by atoms with van der Waals surface area (Å²) in [4.78, 5) is 23.2. The molecule has 1 atom stereocenters. The Bertz CT molecular complexity index is 8590. The van der Waals surface area contributed by atoms with E-state index >= 15 is 0 Å². The lowest BCUT2D eigenvalue weighted by Gasteiger charge is -2.20. The van der Waals surface area contributed by atoms with E-state index in [4.69, 9.17) is 46.3 Å². The summed E-state index contributed by atoms with van der Waals surface area (Å²) in [6.07, 6.45) is 7.65. The number of fused-ring (bicyclic) bond motifs is 15. The number of hydrogen-bond acceptors (Lipinski definition) is 10. The highest BCUT2D eigenvalue weighted by atomic mass is 16.4. The smallest absolute Gasteiger partial charge is 0.227 e. The second-order valence-corrected chi connectivity index (χ2v) is 37.3. The summed E-state index contributed by atoms with van der Waals surface area (Å²) < 4.78 is 157. The molecule has 0 saturated heterocycles. The molecular weight excluding hydrogens is 1630 g/mol. The van der Waals surface area contributed by atoms with Gasteiger partial charge in [-0.2, -0.15) is 0 Å². The van der Waals surface area contributed by atoms with Gasteiger partial charge in [-0.3, -0.25) is 0 Å². The van der Waals surface area contributed by atoms with E-state index in [9.17, 15) is 0 Å². The molecule has 20 aromatic rings. The van der Waals surface area contributed by atoms with Crippen molar-refractivity contribution in [2.45, 2.75) is 205 Å². The third-order valence-corrected chi connectivity index (χ3v) is 25.7. The van der Waals surface area contributed by atoms with E-state index in [1.807, 2.05) is 138 Å². The maximum absolute atomic E-state index is 8.98. The van der Waals surface area contributed by atoms with Crippen molar-refractivity contribution in [3.8, 4) is 56.3 Å². The fourth-order valence-corrected chi connectivity index (χ4v) is 18.4. The topological polar surface area (TPSA) is 150 Å². The van der Waals surface area contributed by atoms with Crippen molar-refractivity contribution in [1.29, 1.82) is 0 Å². The zero-order valence-electron chi connectivity index (χ0n) is 93.4. The van der Waals surface area contributed by atoms with E-state index in [1.165, 1.54) is 40.4 Å². The Morgan fingerprint density at radius 3 is 1.03 bits per heavy atom. The summed E-state index contributed by atoms with van der Waals surface area (Å²) >= 11 is 0. The molecule has 2 aliphatic carbocycles. The average Bonchev–Trinajstić information content (AvgIpc) is 0.984. The molecule has 15 nitrogen and oxygen atoms in total. The van der Waals surface area contributed by atoms with Gasteiger partial charge >= 0.3 is 0 Å². The minimum atomic E-state index is -2.67. The van der Waals surface area contributed by atoms with Crippen LogP contribution in [0.4, 0.5) is 0 Å². The van der Waals surface area contributed by atoms with Gasteiger partial charge in [-0.1, -0.05) is 141 Å². The standard InChI is InChI=1S/C25H27N2O.C24H25N2O.C24H27N2O.C23H25N2O.C21H21N2O/c1-16-13-14-27(3)22(15-16)23-17(2)9-10-19-20-11-12-21(18-7-5-4-6-8-18)26-25(20)28-24(19)23;1-15-12-13-26(3)21(14-15)22-16(2)8-9-18-19-10-11-20(17-6-4-5-7-17)25-24(19)27-23(18)22;1-15-11-12-26(6)20(13-15)21-16(2)7-9-18-19-10-8-17(14-24(3,4)5)25-23(19)27-22(18)21;1-14-11-12-25(6)18(13-14)20-15(2)7-8-16-17-9-10-19(23(3,4)5)24-22(17)26-21(16)20;1-5-15-10-11-23(4)18(12-15)19-13(2)6-8-16-17-9-7-14(3)22-21(17)24-20(16)19/h9-15,18H,4-8H2,1-3H3;8-14,17H,4-7H2,1-3H3;7-13H,14H2,1-6H3;7-13H,1-6H3;6-12H,5H2,1-4H3/q5*+1/i7D2,8D2,18D;6D2,17D;3D3,4D3;;. The molecule has 0 radical (unpaired) electrons. The number of nitrogens with zero attached hydrogens (tertiary/aromatic N) is 10. The lowest BCUT2D eigenvalue weighted by molar-refractivity contribution is -0.660. The Hall–Kier alpha value is -13.4. The number of aromatic nitrogens is 10. The average molecular weight is 1770 g/mol. The van der Waals surface area contributed by atoms with E-state index in [-0.39, 0.29) is 30.4 Å². The SMILES string of the molecule is CCc1cc[n+](C)c(-c2c(C)ccc3c2oc2nc(C)ccc23)c1.Cc1cc[n+](C)c(-c2c(C)ccc3c2oc2nc(C(C)(C)C)ccc23)c1.[2H]C([2H])([2H])C(C)(Cc1ccc2c(n1)oc1c(-c3cc(C)cc[n+]3C)c(C)ccc12)C([2H])([2H])[2H].[2H]C1([2H])CCCC([2H])([2H])C1([2H])c1ccc2c(n1)oc1c(-c3cc(C)cc[n+]3C)c(C)ccc12.[2H]C1([2H])CCCC1([2H])c1ccc2c(n1)oc1c(-c3cc(C)cc[n+]3C)c(C)ccc12. The van der Waals surface area contributed by atoms with Crippen molar-refractivity contribution in [3.63, 3.8) is 0 Å². The Morgan fingerprint density at radius 2 is 0.659 bits per heavy atom. The van der Waals surface area contributed by atoms with Crippen LogP contribution in [-0.4, -0.2) is 24.9 Å². The van der Waals surface area contributed by atoms with Gasteiger partial charge in [0.05, 0.1) is 27.8 Å². The lowest BCUT2D eigenvalue weighted by Crippen LogP contribution is -2.30. The van der Waals surface area contributed by atoms with Crippen molar-refractivity contribution in [3.05, 3.63) is 297 Å². The van der Waals surface area contributed by atoms with Crippen LogP contribution in [0.2, 0.25) is 0 Å². The van der Waals surface area contributed by atoms with Crippen LogP contribution in [0.25, 0.3) is 167 Å². The van der Waals surface area contributed by atoms with Gasteiger partial charge in [-0.15, -0.1) is 0 Å². The first-order valence-electron chi connectivity index (χ1n) is 52.7. The first kappa shape index (κ1) is 73.3. The molecule has 22 rings (SSSR count). The summed E-state index contributed by atoms with van der Waals surface area (Å²) in [5.41, 5.74) is 29.9. The van der Waals surface area contributed by atoms with Crippen molar-refractivity contribution >= 4 is 110 Å². The maximum atomic E-state index is 8.98. The van der Waals surface area contributed by atoms with E-state index in [1.54, 1.807) is 24.3 Å². The zero-order valence-corrected chi connectivity index (χ0v) is 79.4. The zero-order chi connectivity index (χ0) is 105. The Kier molecular flexibility index (Phi) is 20.0. The van der Waals surface area contributed by atoms with Crippen LogP contribution in [0.5, 0.6) is 0 Å². The molecule has 0 aliphatic heterocycles. The van der Waals surface area contributed by atoms with Gasteiger partial charge in [-0.25, -0.2) is 47.8 Å². The molecule has 0 bridgehead atoms. The first-order valence-corrected chi connectivity index (χ1v) is 45.7. The molecule has 15 heteroatoms. The number of rotatable bonds is 9. The van der Waals surface area contributed by atoms with Gasteiger partial charge in [0.2, 0.25) is 57.0 Å². The number of pyridine rings is 10. The predicted molar refractivity (Wildman–Crippen MR) is 536 cm³/mol. The van der Waals surface area contributed by atoms with Gasteiger partial charge in [-0.05, 0) is 229 Å². The summed E-state index contributed by atoms with van der Waals surface area (Å²) in [7, 11) is 10.2. The molecular formula is C117H125N10O5+5. The van der Waals surface area contributed by atoms with E-state index in [0.29, 0.717) is 71.1 Å². The molecule has 1 unspecified atom stereocenters. The Morgan fingerprint density at radius 1 is 0.341 bits per heavy atom. The maximum Gasteiger partial charge on any atom is 0.227 e. The molecule has 0 N–H and O–H groups in total. The van der Waals surface area contributed by atoms with Crippen LogP contribution in [0.1, 0.15) is 221 Å². The van der Waals surface area contributed by atoms with Crippen molar-refractivity contribution in [2.75, 3.05) is 0 Å². The second-order valence-electron chi connectivity index (χ2n) is 37.3. The fourth-order valence-electron chi connectivity index (χ4n) is 18.4. The lowest BCUT2D eigenvalue weighted by atomic mass is 9.86. The molecule has 2 aliphatic rings. The molecule has 15 heterocycles. The van der Waals surface area contributed by atoms with Gasteiger partial charge in [0.1, 0.15) is 35.2 Å². The monoisotopic (exact) mass is 1760 g/mol. The minimum Gasteiger partial charge on any atom is -0.437 e. The molecule has 668 valence electrons. The third kappa shape index (κ3) is 17.6. The molecule has 2 saturated carbocycles. The summed E-state index contributed by atoms with van der Waals surface area (Å²) in [5, 5.41) is 9.64. The van der Waals surface area contributed by atoms with Crippen molar-refractivity contribution < 1.29 is 64.1 Å². The third-order valence-electron chi connectivity index (χ3n) is 25.7. The van der Waals surface area contributed by atoms with Crippen molar-refractivity contribution in [2.24, 2.45) is 40.7 Å². The predicted octanol–water partition coefficient (Wildman–Crippen LogP) is 27.6. The number of benzene rings is 5. The Balaban J connectivity index is 0.000000120. The van der Waals surface area contributed by atoms with Crippen LogP contribution < -0.4 is 22.8 Å². The van der Waals surface area contributed by atoms with E-state index in [0.717, 1.165) is 173 Å². The number of furan rings is 5. The second kappa shape index (κ2) is 36.0. The molecule has 132 heavy (non-hydrogen) atoms. The van der Waals surface area contributed by atoms with Crippen LogP contribution in [0.3, 0.4) is 0 Å². The van der Waals surface area contributed by atoms with Gasteiger partial charge in [0.15, 0.2) is 58.9 Å². The van der Waals surface area contributed by atoms with Crippen LogP contribution in [0, 0.1) is 74.7 Å². The highest BCUT2D eigenvalue weighted by Gasteiger charge is 2.31. The van der Waals surface area contributed by atoms with Crippen LogP contribution >= 0.6 is 0 Å². The largest absolute Gasteiger partial charge is 0.437 e. The first-order chi connectivity index (χ1) is 68.7. The normalized spacial score (nSPS) is 17.5. The molecule has 0 spiro atoms. The Labute approximate surface area is 794 Å². The summed E-state index contributed by atoms with van der Waals surface area (Å²) in [6.45, 7) is 25.3. The van der Waals surface area contributed by atoms with Gasteiger partial charge in [0, 0.05) is 179 Å². The molecule has 15 aromatic heterocycles. The van der Waals surface area contributed by atoms with Gasteiger partial charge < -0.3 is 22.1 Å². The van der Waals surface area contributed by atoms with Crippen molar-refractivity contribution in [1.82, 2.24) is 24.9 Å². The summed E-state index contributed by atoms with van der Waals surface area (Å²) in [6, 6.07) is 61.2. The quantitative estimate of drug-likeness (QED) is 0.128. The molecule has 0 amide bonds. The number of hydrogen-bond donors (Lipinski definition) is 0. The van der Waals surface area contributed by atoms with Crippen LogP contribution in [-0.2, 0) is 53.5 Å². The molecule has 5 aromatic carbocycles. The van der Waals surface area contributed by atoms with Gasteiger partial charge in [0.25, 0.3) is 0 Å². The number of aryl methyl sites for hydroxylation is 16. The van der Waals surface area contributed by atoms with Crippen LogP contribution in [0.15, 0.2) is 235 Å². The van der Waals surface area contributed by atoms with E-state index in [2.05, 4.69) is 226 Å². The highest BCUT2D eigenvalue weighted by molar-refractivity contribution is 6.13. The van der Waals surface area contributed by atoms with E-state index < -0.39 is 50.0 Å². The summed E-state index contributed by atoms with van der Waals surface area (Å²) in [5.74, 6) is -3.45. The molecule has 2 fully saturated rings. The fraction of sp³-hybridized carbons (Fsp3) is 0.316. The highest BCUT2D eigenvalue weighted by Crippen LogP contribution is 2.45. The minimum absolute atomic E-state index is 0.00507.